The summed E-state index contributed by atoms with van der Waals surface area (Å²) >= 11 is 0. The average molecular weight is 450 g/mol. The first-order valence-electron chi connectivity index (χ1n) is 7.34. The first-order chi connectivity index (χ1) is 11.0. The second-order valence-corrected chi connectivity index (χ2v) is 5.03. The zero-order valence-electron chi connectivity index (χ0n) is 13.8. The molecule has 24 heavy (non-hydrogen) atoms. The van der Waals surface area contributed by atoms with Crippen LogP contribution in [0, 0.1) is 11.6 Å². The molecule has 0 aliphatic rings. The Morgan fingerprint density at radius 2 is 2.08 bits per heavy atom. The summed E-state index contributed by atoms with van der Waals surface area (Å²) in [5.41, 5.74) is 0.633. The van der Waals surface area contributed by atoms with Crippen LogP contribution < -0.4 is 10.6 Å². The molecule has 1 atom stereocenters. The Hall–Kier alpha value is -1.78. The molecule has 6 nitrogen and oxygen atoms in total. The van der Waals surface area contributed by atoms with Crippen molar-refractivity contribution in [1.82, 2.24) is 25.4 Å². The smallest absolute Gasteiger partial charge is 0.192 e. The number of benzene rings is 1. The van der Waals surface area contributed by atoms with E-state index < -0.39 is 11.6 Å². The average Bonchev–Trinajstić information content (AvgIpc) is 2.93. The lowest BCUT2D eigenvalue weighted by atomic mass is 10.1. The van der Waals surface area contributed by atoms with Crippen molar-refractivity contribution >= 4 is 29.9 Å². The summed E-state index contributed by atoms with van der Waals surface area (Å²) in [6.45, 7) is 4.83. The van der Waals surface area contributed by atoms with Crippen LogP contribution in [0.5, 0.6) is 0 Å². The highest BCUT2D eigenvalue weighted by molar-refractivity contribution is 14.0. The maximum atomic E-state index is 13.3. The predicted octanol–water partition coefficient (Wildman–Crippen LogP) is 2.53. The molecular weight excluding hydrogens is 429 g/mol. The van der Waals surface area contributed by atoms with Crippen LogP contribution in [-0.2, 0) is 13.6 Å². The second-order valence-electron chi connectivity index (χ2n) is 5.03. The van der Waals surface area contributed by atoms with Crippen LogP contribution in [-0.4, -0.2) is 27.3 Å². The molecule has 0 bridgehead atoms. The molecule has 0 aliphatic heterocycles. The van der Waals surface area contributed by atoms with E-state index in [1.807, 2.05) is 13.8 Å². The summed E-state index contributed by atoms with van der Waals surface area (Å²) in [6, 6.07) is 3.61. The quantitative estimate of drug-likeness (QED) is 0.418. The molecule has 0 saturated heterocycles. The van der Waals surface area contributed by atoms with E-state index in [1.165, 1.54) is 12.4 Å². The summed E-state index contributed by atoms with van der Waals surface area (Å²) < 4.78 is 28.0. The first kappa shape index (κ1) is 20.3. The molecule has 2 N–H and O–H groups in total. The topological polar surface area (TPSA) is 67.1 Å². The lowest BCUT2D eigenvalue weighted by Crippen LogP contribution is -2.38. The van der Waals surface area contributed by atoms with Crippen molar-refractivity contribution in [3.63, 3.8) is 0 Å². The molecule has 1 aromatic carbocycles. The summed E-state index contributed by atoms with van der Waals surface area (Å²) in [6.07, 6.45) is 1.47. The summed E-state index contributed by atoms with van der Waals surface area (Å²) in [7, 11) is 1.79. The zero-order valence-corrected chi connectivity index (χ0v) is 16.1. The van der Waals surface area contributed by atoms with Crippen molar-refractivity contribution in [1.29, 1.82) is 0 Å². The fourth-order valence-corrected chi connectivity index (χ4v) is 2.00. The third-order valence-electron chi connectivity index (χ3n) is 3.32. The van der Waals surface area contributed by atoms with E-state index in [0.29, 0.717) is 24.6 Å². The number of guanidine groups is 1. The minimum atomic E-state index is -0.864. The van der Waals surface area contributed by atoms with Gasteiger partial charge in [0, 0.05) is 13.6 Å². The lowest BCUT2D eigenvalue weighted by molar-refractivity contribution is 0.504. The normalized spacial score (nSPS) is 12.5. The molecule has 0 spiro atoms. The summed E-state index contributed by atoms with van der Waals surface area (Å²) in [5.74, 6) is -0.434. The molecule has 2 aromatic rings. The second kappa shape index (κ2) is 9.50. The Labute approximate surface area is 156 Å². The number of halogens is 3. The van der Waals surface area contributed by atoms with Gasteiger partial charge >= 0.3 is 0 Å². The van der Waals surface area contributed by atoms with Gasteiger partial charge in [0.1, 0.15) is 18.7 Å². The number of aryl methyl sites for hydroxylation is 1. The molecule has 0 saturated carbocycles. The van der Waals surface area contributed by atoms with Crippen LogP contribution in [0.3, 0.4) is 0 Å². The Morgan fingerprint density at radius 1 is 1.33 bits per heavy atom. The molecule has 1 aromatic heterocycles. The van der Waals surface area contributed by atoms with Gasteiger partial charge in [0.05, 0.1) is 6.04 Å². The Balaban J connectivity index is 0.00000288. The number of hydrogen-bond acceptors (Lipinski definition) is 3. The predicted molar refractivity (Wildman–Crippen MR) is 99.1 cm³/mol. The molecule has 0 fully saturated rings. The van der Waals surface area contributed by atoms with Gasteiger partial charge in [-0.25, -0.2) is 18.8 Å². The number of rotatable bonds is 5. The monoisotopic (exact) mass is 450 g/mol. The van der Waals surface area contributed by atoms with Crippen molar-refractivity contribution in [2.24, 2.45) is 12.0 Å². The fourth-order valence-electron chi connectivity index (χ4n) is 2.00. The van der Waals surface area contributed by atoms with Gasteiger partial charge in [-0.15, -0.1) is 24.0 Å². The van der Waals surface area contributed by atoms with Crippen LogP contribution in [0.25, 0.3) is 0 Å². The van der Waals surface area contributed by atoms with E-state index in [4.69, 9.17) is 0 Å². The van der Waals surface area contributed by atoms with Gasteiger partial charge in [0.15, 0.2) is 17.6 Å². The highest BCUT2D eigenvalue weighted by Gasteiger charge is 2.11. The Kier molecular flexibility index (Phi) is 8.02. The minimum absolute atomic E-state index is 0. The molecule has 0 amide bonds. The van der Waals surface area contributed by atoms with Gasteiger partial charge < -0.3 is 10.6 Å². The Bertz CT molecular complexity index is 688. The maximum Gasteiger partial charge on any atom is 0.192 e. The first-order valence-corrected chi connectivity index (χ1v) is 7.34. The molecule has 1 heterocycles. The number of nitrogens with one attached hydrogen (secondary N) is 2. The molecule has 1 unspecified atom stereocenters. The largest absolute Gasteiger partial charge is 0.357 e. The third kappa shape index (κ3) is 5.39. The van der Waals surface area contributed by atoms with Crippen LogP contribution >= 0.6 is 24.0 Å². The van der Waals surface area contributed by atoms with Gasteiger partial charge in [-0.05, 0) is 31.5 Å². The Morgan fingerprint density at radius 3 is 2.67 bits per heavy atom. The number of nitrogens with zero attached hydrogens (tertiary/aromatic N) is 4. The molecule has 132 valence electrons. The number of aromatic nitrogens is 3. The van der Waals surface area contributed by atoms with Gasteiger partial charge in [-0.3, -0.25) is 4.68 Å². The molecule has 0 aliphatic carbocycles. The maximum absolute atomic E-state index is 13.3. The summed E-state index contributed by atoms with van der Waals surface area (Å²) in [5, 5.41) is 10.2. The highest BCUT2D eigenvalue weighted by Crippen LogP contribution is 2.15. The van der Waals surface area contributed by atoms with Gasteiger partial charge in [0.25, 0.3) is 0 Å². The SMILES string of the molecule is CCNC(=NCc1ncnn1C)NC(C)c1ccc(F)c(F)c1.I. The van der Waals surface area contributed by atoms with Crippen molar-refractivity contribution in [3.05, 3.63) is 47.5 Å². The van der Waals surface area contributed by atoms with Crippen molar-refractivity contribution in [2.75, 3.05) is 6.54 Å². The van der Waals surface area contributed by atoms with Crippen LogP contribution in [0.1, 0.15) is 31.3 Å². The van der Waals surface area contributed by atoms with E-state index in [1.54, 1.807) is 17.8 Å². The van der Waals surface area contributed by atoms with Crippen molar-refractivity contribution < 1.29 is 8.78 Å². The van der Waals surface area contributed by atoms with E-state index in [2.05, 4.69) is 25.7 Å². The third-order valence-corrected chi connectivity index (χ3v) is 3.32. The highest BCUT2D eigenvalue weighted by atomic mass is 127. The molecule has 9 heteroatoms. The molecule has 2 rings (SSSR count). The van der Waals surface area contributed by atoms with E-state index in [0.717, 1.165) is 11.9 Å². The van der Waals surface area contributed by atoms with E-state index in [9.17, 15) is 8.78 Å². The van der Waals surface area contributed by atoms with Crippen LogP contribution in [0.15, 0.2) is 29.5 Å². The zero-order chi connectivity index (χ0) is 16.8. The lowest BCUT2D eigenvalue weighted by Gasteiger charge is -2.18. The van der Waals surface area contributed by atoms with E-state index in [-0.39, 0.29) is 30.0 Å². The van der Waals surface area contributed by atoms with Gasteiger partial charge in [-0.1, -0.05) is 6.07 Å². The molecular formula is C15H21F2IN6. The minimum Gasteiger partial charge on any atom is -0.357 e. The summed E-state index contributed by atoms with van der Waals surface area (Å²) in [4.78, 5) is 8.53. The fraction of sp³-hybridized carbons (Fsp3) is 0.400. The van der Waals surface area contributed by atoms with Crippen molar-refractivity contribution in [2.45, 2.75) is 26.4 Å². The van der Waals surface area contributed by atoms with Gasteiger partial charge in [0.2, 0.25) is 0 Å². The van der Waals surface area contributed by atoms with Gasteiger partial charge in [-0.2, -0.15) is 5.10 Å². The number of aliphatic imine (C=N–C) groups is 1. The van der Waals surface area contributed by atoms with Crippen LogP contribution in [0.4, 0.5) is 8.78 Å². The standard InChI is InChI=1S/C15H20F2N6.HI/c1-4-18-15(19-8-14-20-9-21-23(14)3)22-10(2)11-5-6-12(16)13(17)7-11;/h5-7,9-10H,4,8H2,1-3H3,(H2,18,19,22);1H. The van der Waals surface area contributed by atoms with Crippen LogP contribution in [0.2, 0.25) is 0 Å². The number of hydrogen-bond donors (Lipinski definition) is 2. The molecule has 0 radical (unpaired) electrons. The van der Waals surface area contributed by atoms with Crippen molar-refractivity contribution in [3.8, 4) is 0 Å². The van der Waals surface area contributed by atoms with E-state index >= 15 is 0 Å².